The van der Waals surface area contributed by atoms with Crippen LogP contribution < -0.4 is 16.4 Å². The summed E-state index contributed by atoms with van der Waals surface area (Å²) in [6.45, 7) is 0. The zero-order chi connectivity index (χ0) is 24.8. The summed E-state index contributed by atoms with van der Waals surface area (Å²) in [5, 5.41) is 15.8. The molecule has 0 bridgehead atoms. The van der Waals surface area contributed by atoms with Gasteiger partial charge in [-0.3, -0.25) is 9.59 Å². The number of H-pyrrole nitrogens is 3. The van der Waals surface area contributed by atoms with Gasteiger partial charge in [0.1, 0.15) is 12.1 Å². The third kappa shape index (κ3) is 5.92. The van der Waals surface area contributed by atoms with E-state index in [-0.39, 0.29) is 19.3 Å². The largest absolute Gasteiger partial charge is 0.480 e. The summed E-state index contributed by atoms with van der Waals surface area (Å²) in [7, 11) is 0. The number of carbonyl (C=O) groups excluding carboxylic acids is 2. The highest BCUT2D eigenvalue weighted by molar-refractivity contribution is 5.93. The molecule has 0 saturated carbocycles. The molecule has 12 nitrogen and oxygen atoms in total. The number of nitrogens with two attached hydrogens (primary N) is 1. The standard InChI is InChI=1S/C23H26N8O4/c24-17(6-14-9-25-11-28-14)21(32)30-19(5-13-8-27-18-4-2-1-3-16(13)18)22(33)31-20(23(34)35)7-15-10-26-12-29-15/h1-4,8-12,17,19-20,27H,5-7,24H2,(H,25,28)(H,26,29)(H,30,32)(H,31,33)(H,34,35). The maximum Gasteiger partial charge on any atom is 0.326 e. The summed E-state index contributed by atoms with van der Waals surface area (Å²) in [5.41, 5.74) is 8.96. The summed E-state index contributed by atoms with van der Waals surface area (Å²) in [4.78, 5) is 54.6. The normalized spacial score (nSPS) is 13.7. The first-order chi connectivity index (χ1) is 16.9. The van der Waals surface area contributed by atoms with E-state index in [4.69, 9.17) is 5.73 Å². The Morgan fingerprint density at radius 2 is 1.54 bits per heavy atom. The predicted molar refractivity (Wildman–Crippen MR) is 126 cm³/mol. The van der Waals surface area contributed by atoms with Crippen LogP contribution in [0.4, 0.5) is 0 Å². The average molecular weight is 479 g/mol. The number of carboxylic acid groups (broad SMARTS) is 1. The lowest BCUT2D eigenvalue weighted by atomic mass is 10.0. The van der Waals surface area contributed by atoms with Crippen molar-refractivity contribution < 1.29 is 19.5 Å². The van der Waals surface area contributed by atoms with Crippen LogP contribution in [0.15, 0.2) is 55.5 Å². The van der Waals surface area contributed by atoms with Crippen LogP contribution >= 0.6 is 0 Å². The first-order valence-electron chi connectivity index (χ1n) is 11.0. The number of aromatic nitrogens is 5. The van der Waals surface area contributed by atoms with Crippen molar-refractivity contribution in [3.63, 3.8) is 0 Å². The molecule has 4 rings (SSSR count). The number of rotatable bonds is 11. The SMILES string of the molecule is NC(Cc1cnc[nH]1)C(=O)NC(Cc1c[nH]c2ccccc12)C(=O)NC(Cc1cnc[nH]1)C(=O)O. The Kier molecular flexibility index (Phi) is 7.21. The molecule has 0 aliphatic rings. The van der Waals surface area contributed by atoms with Crippen LogP contribution in [0, 0.1) is 0 Å². The van der Waals surface area contributed by atoms with E-state index in [2.05, 4.69) is 35.6 Å². The zero-order valence-electron chi connectivity index (χ0n) is 18.7. The van der Waals surface area contributed by atoms with Gasteiger partial charge in [0, 0.05) is 60.1 Å². The minimum Gasteiger partial charge on any atom is -0.480 e. The molecule has 182 valence electrons. The van der Waals surface area contributed by atoms with Crippen molar-refractivity contribution in [2.24, 2.45) is 5.73 Å². The predicted octanol–water partition coefficient (Wildman–Crippen LogP) is 0.0235. The highest BCUT2D eigenvalue weighted by Crippen LogP contribution is 2.19. The number of para-hydroxylation sites is 1. The lowest BCUT2D eigenvalue weighted by Crippen LogP contribution is -2.55. The molecule has 0 radical (unpaired) electrons. The molecule has 0 spiro atoms. The Labute approximate surface area is 199 Å². The molecule has 0 aliphatic heterocycles. The van der Waals surface area contributed by atoms with Crippen LogP contribution in [0.1, 0.15) is 17.0 Å². The third-order valence-corrected chi connectivity index (χ3v) is 5.66. The molecule has 1 aromatic carbocycles. The fourth-order valence-corrected chi connectivity index (χ4v) is 3.82. The average Bonchev–Trinajstić information content (AvgIpc) is 3.61. The molecule has 0 saturated heterocycles. The Hall–Kier alpha value is -4.45. The number of hydrogen-bond acceptors (Lipinski definition) is 6. The Morgan fingerprint density at radius 3 is 2.20 bits per heavy atom. The molecule has 3 aromatic heterocycles. The number of hydrogen-bond donors (Lipinski definition) is 7. The van der Waals surface area contributed by atoms with Crippen LogP contribution in [0.2, 0.25) is 0 Å². The molecule has 35 heavy (non-hydrogen) atoms. The fourth-order valence-electron chi connectivity index (χ4n) is 3.82. The van der Waals surface area contributed by atoms with E-state index in [0.717, 1.165) is 16.5 Å². The van der Waals surface area contributed by atoms with Crippen LogP contribution in [-0.4, -0.2) is 65.9 Å². The summed E-state index contributed by atoms with van der Waals surface area (Å²) >= 11 is 0. The monoisotopic (exact) mass is 478 g/mol. The van der Waals surface area contributed by atoms with Crippen LogP contribution in [0.25, 0.3) is 10.9 Å². The van der Waals surface area contributed by atoms with Gasteiger partial charge in [-0.05, 0) is 11.6 Å². The second kappa shape index (κ2) is 10.7. The number of imidazole rings is 2. The van der Waals surface area contributed by atoms with Crippen LogP contribution in [0.5, 0.6) is 0 Å². The van der Waals surface area contributed by atoms with Crippen molar-refractivity contribution in [3.05, 3.63) is 72.5 Å². The number of nitrogens with one attached hydrogen (secondary N) is 5. The van der Waals surface area contributed by atoms with Crippen molar-refractivity contribution >= 4 is 28.7 Å². The molecule has 3 atom stereocenters. The highest BCUT2D eigenvalue weighted by atomic mass is 16.4. The van der Waals surface area contributed by atoms with Crippen LogP contribution in [-0.2, 0) is 33.6 Å². The molecular formula is C23H26N8O4. The molecule has 2 amide bonds. The van der Waals surface area contributed by atoms with Gasteiger partial charge < -0.3 is 36.4 Å². The summed E-state index contributed by atoms with van der Waals surface area (Å²) in [5.74, 6) is -2.38. The lowest BCUT2D eigenvalue weighted by molar-refractivity contribution is -0.142. The number of carbonyl (C=O) groups is 3. The first-order valence-corrected chi connectivity index (χ1v) is 11.0. The fraction of sp³-hybridized carbons (Fsp3) is 0.261. The second-order valence-electron chi connectivity index (χ2n) is 8.19. The maximum absolute atomic E-state index is 13.2. The number of fused-ring (bicyclic) bond motifs is 1. The highest BCUT2D eigenvalue weighted by Gasteiger charge is 2.29. The van der Waals surface area contributed by atoms with E-state index in [1.807, 2.05) is 24.3 Å². The molecule has 3 unspecified atom stereocenters. The molecular weight excluding hydrogens is 452 g/mol. The van der Waals surface area contributed by atoms with Gasteiger partial charge in [0.25, 0.3) is 0 Å². The van der Waals surface area contributed by atoms with Crippen molar-refractivity contribution in [3.8, 4) is 0 Å². The quantitative estimate of drug-likeness (QED) is 0.158. The first kappa shape index (κ1) is 23.7. The Morgan fingerprint density at radius 1 is 0.886 bits per heavy atom. The second-order valence-corrected chi connectivity index (χ2v) is 8.19. The van der Waals surface area contributed by atoms with Gasteiger partial charge in [-0.1, -0.05) is 18.2 Å². The lowest BCUT2D eigenvalue weighted by Gasteiger charge is -2.22. The minimum absolute atomic E-state index is 0.00810. The third-order valence-electron chi connectivity index (χ3n) is 5.66. The van der Waals surface area contributed by atoms with E-state index in [1.54, 1.807) is 12.4 Å². The van der Waals surface area contributed by atoms with Gasteiger partial charge >= 0.3 is 5.97 Å². The number of aromatic amines is 3. The molecule has 12 heteroatoms. The van der Waals surface area contributed by atoms with Gasteiger partial charge in [-0.15, -0.1) is 0 Å². The van der Waals surface area contributed by atoms with Crippen molar-refractivity contribution in [2.75, 3.05) is 0 Å². The van der Waals surface area contributed by atoms with Crippen molar-refractivity contribution in [1.29, 1.82) is 0 Å². The zero-order valence-corrected chi connectivity index (χ0v) is 18.7. The Bertz CT molecular complexity index is 1280. The summed E-state index contributed by atoms with van der Waals surface area (Å²) < 4.78 is 0. The molecule has 3 heterocycles. The van der Waals surface area contributed by atoms with Crippen molar-refractivity contribution in [2.45, 2.75) is 37.4 Å². The van der Waals surface area contributed by atoms with Gasteiger partial charge in [-0.2, -0.15) is 0 Å². The molecule has 4 aromatic rings. The van der Waals surface area contributed by atoms with Gasteiger partial charge in [0.05, 0.1) is 18.7 Å². The Balaban J connectivity index is 1.52. The summed E-state index contributed by atoms with van der Waals surface area (Å²) in [6, 6.07) is 4.35. The van der Waals surface area contributed by atoms with E-state index < -0.39 is 35.9 Å². The van der Waals surface area contributed by atoms with Gasteiger partial charge in [0.15, 0.2) is 0 Å². The van der Waals surface area contributed by atoms with E-state index in [1.165, 1.54) is 18.9 Å². The van der Waals surface area contributed by atoms with E-state index in [0.29, 0.717) is 11.4 Å². The topological polar surface area (TPSA) is 195 Å². The number of aliphatic carboxylic acids is 1. The minimum atomic E-state index is -1.22. The van der Waals surface area contributed by atoms with E-state index in [9.17, 15) is 19.5 Å². The van der Waals surface area contributed by atoms with Gasteiger partial charge in [-0.25, -0.2) is 14.8 Å². The maximum atomic E-state index is 13.2. The number of benzene rings is 1. The van der Waals surface area contributed by atoms with Crippen LogP contribution in [0.3, 0.4) is 0 Å². The smallest absolute Gasteiger partial charge is 0.326 e. The molecule has 0 fully saturated rings. The number of nitrogens with zero attached hydrogens (tertiary/aromatic N) is 2. The van der Waals surface area contributed by atoms with Crippen molar-refractivity contribution in [1.82, 2.24) is 35.6 Å². The van der Waals surface area contributed by atoms with Gasteiger partial charge in [0.2, 0.25) is 11.8 Å². The number of carboxylic acids is 1. The molecule has 8 N–H and O–H groups in total. The summed E-state index contributed by atoms with van der Waals surface area (Å²) in [6.07, 6.45) is 8.07. The van der Waals surface area contributed by atoms with E-state index >= 15 is 0 Å². The molecule has 0 aliphatic carbocycles. The number of amides is 2.